The number of carbonyl (C=O) groups is 1. The van der Waals surface area contributed by atoms with E-state index in [1.165, 1.54) is 7.11 Å². The van der Waals surface area contributed by atoms with Gasteiger partial charge in [-0.2, -0.15) is 0 Å². The van der Waals surface area contributed by atoms with Crippen LogP contribution in [0.2, 0.25) is 0 Å². The molecule has 1 N–H and O–H groups in total. The summed E-state index contributed by atoms with van der Waals surface area (Å²) in [6.45, 7) is 0.816. The molecule has 74 valence electrons. The van der Waals surface area contributed by atoms with Gasteiger partial charge >= 0.3 is 5.97 Å². The zero-order valence-corrected chi connectivity index (χ0v) is 7.79. The maximum atomic E-state index is 11.2. The SMILES string of the molecule is COC(=O)[C@@H]1CC[C@@H]2OCC[C@@H]2N1. The van der Waals surface area contributed by atoms with Gasteiger partial charge in [0.15, 0.2) is 0 Å². The predicted octanol–water partition coefficient (Wildman–Crippen LogP) is 0.0689. The Morgan fingerprint density at radius 3 is 3.08 bits per heavy atom. The van der Waals surface area contributed by atoms with E-state index in [0.717, 1.165) is 25.9 Å². The van der Waals surface area contributed by atoms with Crippen molar-refractivity contribution in [1.82, 2.24) is 5.32 Å². The van der Waals surface area contributed by atoms with Gasteiger partial charge < -0.3 is 9.47 Å². The molecule has 4 nitrogen and oxygen atoms in total. The van der Waals surface area contributed by atoms with Crippen LogP contribution in [0.4, 0.5) is 0 Å². The second-order valence-corrected chi connectivity index (χ2v) is 3.62. The highest BCUT2D eigenvalue weighted by molar-refractivity contribution is 5.75. The molecule has 0 bridgehead atoms. The number of fused-ring (bicyclic) bond motifs is 1. The molecular formula is C9H15NO3. The lowest BCUT2D eigenvalue weighted by atomic mass is 9.96. The van der Waals surface area contributed by atoms with Crippen LogP contribution in [0.15, 0.2) is 0 Å². The first-order valence-electron chi connectivity index (χ1n) is 4.76. The van der Waals surface area contributed by atoms with Gasteiger partial charge in [0.2, 0.25) is 0 Å². The molecule has 2 saturated heterocycles. The van der Waals surface area contributed by atoms with E-state index in [0.29, 0.717) is 12.1 Å². The quantitative estimate of drug-likeness (QED) is 0.587. The molecule has 2 heterocycles. The highest BCUT2D eigenvalue weighted by Gasteiger charge is 2.37. The number of ether oxygens (including phenoxy) is 2. The first-order valence-corrected chi connectivity index (χ1v) is 4.76. The van der Waals surface area contributed by atoms with Gasteiger partial charge in [-0.3, -0.25) is 10.1 Å². The van der Waals surface area contributed by atoms with Crippen molar-refractivity contribution >= 4 is 5.97 Å². The van der Waals surface area contributed by atoms with Crippen LogP contribution in [0.5, 0.6) is 0 Å². The molecule has 2 fully saturated rings. The fraction of sp³-hybridized carbons (Fsp3) is 0.889. The van der Waals surface area contributed by atoms with Crippen molar-refractivity contribution in [2.24, 2.45) is 0 Å². The Bertz CT molecular complexity index is 207. The molecule has 0 aromatic carbocycles. The zero-order chi connectivity index (χ0) is 9.26. The summed E-state index contributed by atoms with van der Waals surface area (Å²) in [6.07, 6.45) is 3.13. The van der Waals surface area contributed by atoms with Gasteiger partial charge in [-0.25, -0.2) is 0 Å². The molecule has 3 atom stereocenters. The second kappa shape index (κ2) is 3.64. The predicted molar refractivity (Wildman–Crippen MR) is 46.3 cm³/mol. The minimum atomic E-state index is -0.148. The molecule has 0 unspecified atom stereocenters. The highest BCUT2D eigenvalue weighted by atomic mass is 16.5. The van der Waals surface area contributed by atoms with Crippen LogP contribution < -0.4 is 5.32 Å². The number of nitrogens with one attached hydrogen (secondary N) is 1. The molecule has 0 aromatic heterocycles. The van der Waals surface area contributed by atoms with Crippen LogP contribution in [-0.4, -0.2) is 37.9 Å². The third kappa shape index (κ3) is 1.69. The molecule has 0 amide bonds. The van der Waals surface area contributed by atoms with E-state index in [1.807, 2.05) is 0 Å². The molecule has 0 radical (unpaired) electrons. The van der Waals surface area contributed by atoms with E-state index in [4.69, 9.17) is 9.47 Å². The van der Waals surface area contributed by atoms with Gasteiger partial charge in [-0.1, -0.05) is 0 Å². The van der Waals surface area contributed by atoms with Gasteiger partial charge in [-0.15, -0.1) is 0 Å². The number of hydrogen-bond donors (Lipinski definition) is 1. The Morgan fingerprint density at radius 1 is 1.46 bits per heavy atom. The molecule has 0 saturated carbocycles. The van der Waals surface area contributed by atoms with Gasteiger partial charge in [0.25, 0.3) is 0 Å². The van der Waals surface area contributed by atoms with Gasteiger partial charge in [0, 0.05) is 12.6 Å². The fourth-order valence-electron chi connectivity index (χ4n) is 2.12. The third-order valence-electron chi connectivity index (χ3n) is 2.85. The minimum absolute atomic E-state index is 0.118. The number of hydrogen-bond acceptors (Lipinski definition) is 4. The monoisotopic (exact) mass is 185 g/mol. The second-order valence-electron chi connectivity index (χ2n) is 3.62. The standard InChI is InChI=1S/C9H15NO3/c1-12-9(11)7-2-3-8-6(10-7)4-5-13-8/h6-8,10H,2-5H2,1H3/t6-,7-,8-/m0/s1. The number of esters is 1. The molecule has 0 spiro atoms. The summed E-state index contributed by atoms with van der Waals surface area (Å²) in [6, 6.07) is 0.241. The molecule has 13 heavy (non-hydrogen) atoms. The van der Waals surface area contributed by atoms with E-state index in [-0.39, 0.29) is 12.0 Å². The van der Waals surface area contributed by atoms with Crippen LogP contribution in [0.25, 0.3) is 0 Å². The number of methoxy groups -OCH3 is 1. The molecule has 2 aliphatic rings. The summed E-state index contributed by atoms with van der Waals surface area (Å²) >= 11 is 0. The third-order valence-corrected chi connectivity index (χ3v) is 2.85. The van der Waals surface area contributed by atoms with Crippen LogP contribution in [0.1, 0.15) is 19.3 Å². The summed E-state index contributed by atoms with van der Waals surface area (Å²) in [5, 5.41) is 3.27. The Kier molecular flexibility index (Phi) is 2.51. The van der Waals surface area contributed by atoms with Crippen molar-refractivity contribution in [3.63, 3.8) is 0 Å². The van der Waals surface area contributed by atoms with Gasteiger partial charge in [0.1, 0.15) is 6.04 Å². The summed E-state index contributed by atoms with van der Waals surface area (Å²) in [4.78, 5) is 11.2. The molecule has 4 heteroatoms. The average Bonchev–Trinajstić information content (AvgIpc) is 2.63. The number of rotatable bonds is 1. The van der Waals surface area contributed by atoms with E-state index in [1.54, 1.807) is 0 Å². The summed E-state index contributed by atoms with van der Waals surface area (Å²) in [5.41, 5.74) is 0. The molecule has 2 rings (SSSR count). The Hall–Kier alpha value is -0.610. The van der Waals surface area contributed by atoms with E-state index in [9.17, 15) is 4.79 Å². The lowest BCUT2D eigenvalue weighted by molar-refractivity contribution is -0.144. The smallest absolute Gasteiger partial charge is 0.322 e. The van der Waals surface area contributed by atoms with Crippen molar-refractivity contribution in [3.8, 4) is 0 Å². The summed E-state index contributed by atoms with van der Waals surface area (Å²) in [7, 11) is 1.43. The number of carbonyl (C=O) groups excluding carboxylic acids is 1. The van der Waals surface area contributed by atoms with E-state index >= 15 is 0 Å². The topological polar surface area (TPSA) is 47.6 Å². The Labute approximate surface area is 77.6 Å². The lowest BCUT2D eigenvalue weighted by Gasteiger charge is -2.30. The van der Waals surface area contributed by atoms with Gasteiger partial charge in [-0.05, 0) is 19.3 Å². The van der Waals surface area contributed by atoms with Crippen LogP contribution >= 0.6 is 0 Å². The Morgan fingerprint density at radius 2 is 2.31 bits per heavy atom. The first-order chi connectivity index (χ1) is 6.31. The minimum Gasteiger partial charge on any atom is -0.468 e. The van der Waals surface area contributed by atoms with Crippen molar-refractivity contribution in [2.45, 2.75) is 37.5 Å². The molecule has 0 aliphatic carbocycles. The van der Waals surface area contributed by atoms with Crippen molar-refractivity contribution in [2.75, 3.05) is 13.7 Å². The van der Waals surface area contributed by atoms with E-state index in [2.05, 4.69) is 5.32 Å². The first kappa shape index (κ1) is 8.97. The Balaban J connectivity index is 1.93. The molecule has 0 aromatic rings. The highest BCUT2D eigenvalue weighted by Crippen LogP contribution is 2.24. The van der Waals surface area contributed by atoms with E-state index < -0.39 is 0 Å². The maximum Gasteiger partial charge on any atom is 0.322 e. The van der Waals surface area contributed by atoms with Crippen molar-refractivity contribution in [3.05, 3.63) is 0 Å². The fourth-order valence-corrected chi connectivity index (χ4v) is 2.12. The lowest BCUT2D eigenvalue weighted by Crippen LogP contribution is -2.51. The van der Waals surface area contributed by atoms with Gasteiger partial charge in [0.05, 0.1) is 13.2 Å². The van der Waals surface area contributed by atoms with Crippen molar-refractivity contribution in [1.29, 1.82) is 0 Å². The molecule has 2 aliphatic heterocycles. The van der Waals surface area contributed by atoms with Crippen LogP contribution in [0, 0.1) is 0 Å². The van der Waals surface area contributed by atoms with Crippen LogP contribution in [-0.2, 0) is 14.3 Å². The normalized spacial score (nSPS) is 38.4. The maximum absolute atomic E-state index is 11.2. The average molecular weight is 185 g/mol. The summed E-state index contributed by atoms with van der Waals surface area (Å²) < 4.78 is 10.2. The molecular weight excluding hydrogens is 170 g/mol. The zero-order valence-electron chi connectivity index (χ0n) is 7.79. The number of piperidine rings is 1. The summed E-state index contributed by atoms with van der Waals surface area (Å²) in [5.74, 6) is -0.148. The van der Waals surface area contributed by atoms with Crippen LogP contribution in [0.3, 0.4) is 0 Å². The largest absolute Gasteiger partial charge is 0.468 e. The van der Waals surface area contributed by atoms with Crippen molar-refractivity contribution < 1.29 is 14.3 Å².